The van der Waals surface area contributed by atoms with Crippen molar-refractivity contribution in [3.63, 3.8) is 0 Å². The Hall–Kier alpha value is -3.38. The van der Waals surface area contributed by atoms with E-state index in [0.29, 0.717) is 28.7 Å². The van der Waals surface area contributed by atoms with Crippen molar-refractivity contribution < 1.29 is 27.4 Å². The fourth-order valence-corrected chi connectivity index (χ4v) is 5.25. The van der Waals surface area contributed by atoms with E-state index < -0.39 is 24.6 Å². The molecule has 208 valence electrons. The van der Waals surface area contributed by atoms with E-state index in [1.54, 1.807) is 6.07 Å². The summed E-state index contributed by atoms with van der Waals surface area (Å²) in [5.74, 6) is -0.280. The number of hydrogen-bond acceptors (Lipinski definition) is 8. The van der Waals surface area contributed by atoms with Crippen LogP contribution in [0.2, 0.25) is 5.02 Å². The van der Waals surface area contributed by atoms with E-state index in [-0.39, 0.29) is 10.8 Å². The number of halogens is 4. The molecule has 2 aromatic heterocycles. The fourth-order valence-electron chi connectivity index (χ4n) is 5.03. The maximum Gasteiger partial charge on any atom is 0.573 e. The molecule has 0 unspecified atom stereocenters. The van der Waals surface area contributed by atoms with Crippen LogP contribution in [0.1, 0.15) is 31.4 Å². The first kappa shape index (κ1) is 27.2. The number of hydrogen-bond donors (Lipinski definition) is 1. The molecule has 2 fully saturated rings. The van der Waals surface area contributed by atoms with Crippen LogP contribution in [0.5, 0.6) is 11.5 Å². The van der Waals surface area contributed by atoms with Gasteiger partial charge in [-0.05, 0) is 63.9 Å². The number of alkyl halides is 3. The van der Waals surface area contributed by atoms with E-state index in [9.17, 15) is 18.0 Å². The van der Waals surface area contributed by atoms with Gasteiger partial charge in [-0.2, -0.15) is 4.98 Å². The molecule has 1 aromatic carbocycles. The Morgan fingerprint density at radius 2 is 1.87 bits per heavy atom. The van der Waals surface area contributed by atoms with Gasteiger partial charge >= 0.3 is 6.36 Å². The number of benzene rings is 1. The van der Waals surface area contributed by atoms with Crippen LogP contribution >= 0.6 is 11.6 Å². The molecule has 2 aliphatic rings. The van der Waals surface area contributed by atoms with Crippen LogP contribution in [-0.2, 0) is 4.79 Å². The van der Waals surface area contributed by atoms with E-state index >= 15 is 0 Å². The van der Waals surface area contributed by atoms with E-state index in [4.69, 9.17) is 21.3 Å². The number of ether oxygens (including phenoxy) is 2. The minimum absolute atomic E-state index is 0.0409. The molecule has 0 spiro atoms. The topological polar surface area (TPSA) is 92.7 Å². The van der Waals surface area contributed by atoms with E-state index in [2.05, 4.69) is 29.8 Å². The molecule has 0 atom stereocenters. The van der Waals surface area contributed by atoms with Gasteiger partial charge in [0.2, 0.25) is 5.95 Å². The Morgan fingerprint density at radius 3 is 2.56 bits per heavy atom. The fraction of sp³-hybridized carbons (Fsp3) is 0.462. The molecular formula is C26H28ClF3N6O3. The number of nitrogens with one attached hydrogen (secondary N) is 1. The number of anilines is 2. The standard InChI is InChI=1S/C26H28ClF3N6O3/c1-16-20-12-17(33-23(37)15-38-22-5-4-19(13-21(22)27)39-26(28,29)30)14-31-24(20)34-25(32-16)36-10-6-18(7-11-36)35-8-2-3-9-35/h4-5,12-14,18H,2-3,6-11,15H2,1H3,(H,33,37). The Balaban J connectivity index is 1.18. The zero-order chi connectivity index (χ0) is 27.6. The molecule has 0 bridgehead atoms. The maximum absolute atomic E-state index is 12.4. The van der Waals surface area contributed by atoms with Crippen molar-refractivity contribution in [1.82, 2.24) is 19.9 Å². The molecule has 3 aromatic rings. The van der Waals surface area contributed by atoms with Gasteiger partial charge in [0.25, 0.3) is 5.91 Å². The van der Waals surface area contributed by atoms with Gasteiger partial charge in [0.15, 0.2) is 12.3 Å². The van der Waals surface area contributed by atoms with E-state index in [1.807, 2.05) is 6.92 Å². The molecule has 4 heterocycles. The lowest BCUT2D eigenvalue weighted by Gasteiger charge is -2.36. The summed E-state index contributed by atoms with van der Waals surface area (Å²) in [7, 11) is 0. The lowest BCUT2D eigenvalue weighted by atomic mass is 10.0. The van der Waals surface area contributed by atoms with Gasteiger partial charge in [0, 0.05) is 30.6 Å². The zero-order valence-electron chi connectivity index (χ0n) is 21.3. The van der Waals surface area contributed by atoms with Gasteiger partial charge in [0.05, 0.1) is 22.6 Å². The van der Waals surface area contributed by atoms with Crippen molar-refractivity contribution in [2.75, 3.05) is 43.0 Å². The molecule has 39 heavy (non-hydrogen) atoms. The predicted molar refractivity (Wildman–Crippen MR) is 140 cm³/mol. The van der Waals surface area contributed by atoms with Crippen LogP contribution in [-0.4, -0.2) is 70.9 Å². The van der Waals surface area contributed by atoms with Crippen LogP contribution in [0, 0.1) is 6.92 Å². The number of aromatic nitrogens is 3. The molecular weight excluding hydrogens is 537 g/mol. The van der Waals surface area contributed by atoms with E-state index in [0.717, 1.165) is 43.8 Å². The summed E-state index contributed by atoms with van der Waals surface area (Å²) in [6.45, 7) is 5.68. The van der Waals surface area contributed by atoms with Crippen molar-refractivity contribution in [2.45, 2.75) is 45.0 Å². The monoisotopic (exact) mass is 564 g/mol. The van der Waals surface area contributed by atoms with Crippen molar-refractivity contribution in [3.8, 4) is 11.5 Å². The SMILES string of the molecule is Cc1nc(N2CCC(N3CCCC3)CC2)nc2ncc(NC(=O)COc3ccc(OC(F)(F)F)cc3Cl)cc12. The van der Waals surface area contributed by atoms with Crippen molar-refractivity contribution in [2.24, 2.45) is 0 Å². The molecule has 1 amide bonds. The van der Waals surface area contributed by atoms with Gasteiger partial charge in [-0.1, -0.05) is 11.6 Å². The highest BCUT2D eigenvalue weighted by Gasteiger charge is 2.31. The number of carbonyl (C=O) groups is 1. The lowest BCUT2D eigenvalue weighted by Crippen LogP contribution is -2.44. The van der Waals surface area contributed by atoms with Crippen LogP contribution in [0.25, 0.3) is 11.0 Å². The highest BCUT2D eigenvalue weighted by molar-refractivity contribution is 6.32. The molecule has 13 heteroatoms. The quantitative estimate of drug-likeness (QED) is 0.430. The first-order chi connectivity index (χ1) is 18.6. The second kappa shape index (κ2) is 11.4. The second-order valence-electron chi connectivity index (χ2n) is 9.64. The lowest BCUT2D eigenvalue weighted by molar-refractivity contribution is -0.274. The third-order valence-corrected chi connectivity index (χ3v) is 7.21. The number of pyridine rings is 1. The second-order valence-corrected chi connectivity index (χ2v) is 10.0. The molecule has 0 aliphatic carbocycles. The molecule has 5 rings (SSSR count). The Kier molecular flexibility index (Phi) is 7.94. The number of amides is 1. The van der Waals surface area contributed by atoms with Crippen molar-refractivity contribution in [3.05, 3.63) is 41.2 Å². The number of aryl methyl sites for hydroxylation is 1. The summed E-state index contributed by atoms with van der Waals surface area (Å²) < 4.78 is 46.2. The summed E-state index contributed by atoms with van der Waals surface area (Å²) in [6.07, 6.45) is 1.44. The predicted octanol–water partition coefficient (Wildman–Crippen LogP) is 4.97. The van der Waals surface area contributed by atoms with Crippen LogP contribution in [0.15, 0.2) is 30.5 Å². The Labute approximate surface area is 228 Å². The Morgan fingerprint density at radius 1 is 1.13 bits per heavy atom. The number of rotatable bonds is 7. The molecule has 2 aliphatic heterocycles. The van der Waals surface area contributed by atoms with E-state index in [1.165, 1.54) is 38.2 Å². The van der Waals surface area contributed by atoms with Crippen molar-refractivity contribution in [1.29, 1.82) is 0 Å². The maximum atomic E-state index is 12.4. The van der Waals surface area contributed by atoms with Crippen LogP contribution in [0.3, 0.4) is 0 Å². The summed E-state index contributed by atoms with van der Waals surface area (Å²) >= 11 is 5.96. The third kappa shape index (κ3) is 6.80. The average Bonchev–Trinajstić information content (AvgIpc) is 3.43. The van der Waals surface area contributed by atoms with Gasteiger partial charge < -0.3 is 24.6 Å². The number of nitrogens with zero attached hydrogens (tertiary/aromatic N) is 5. The highest BCUT2D eigenvalue weighted by Crippen LogP contribution is 2.32. The smallest absolute Gasteiger partial charge is 0.482 e. The first-order valence-corrected chi connectivity index (χ1v) is 13.1. The van der Waals surface area contributed by atoms with Crippen LogP contribution < -0.4 is 19.7 Å². The highest BCUT2D eigenvalue weighted by atomic mass is 35.5. The number of piperidine rings is 1. The summed E-state index contributed by atoms with van der Waals surface area (Å²) in [5, 5.41) is 3.28. The normalized spacial score (nSPS) is 17.0. The minimum Gasteiger partial charge on any atom is -0.482 e. The average molecular weight is 565 g/mol. The van der Waals surface area contributed by atoms with Gasteiger partial charge in [-0.3, -0.25) is 4.79 Å². The molecule has 0 radical (unpaired) electrons. The molecule has 2 saturated heterocycles. The molecule has 0 saturated carbocycles. The molecule has 1 N–H and O–H groups in total. The largest absolute Gasteiger partial charge is 0.573 e. The summed E-state index contributed by atoms with van der Waals surface area (Å²) in [6, 6.07) is 5.59. The number of carbonyl (C=O) groups excluding carboxylic acids is 1. The summed E-state index contributed by atoms with van der Waals surface area (Å²) in [4.78, 5) is 31.1. The third-order valence-electron chi connectivity index (χ3n) is 6.91. The minimum atomic E-state index is -4.84. The summed E-state index contributed by atoms with van der Waals surface area (Å²) in [5.41, 5.74) is 1.73. The molecule has 9 nitrogen and oxygen atoms in total. The first-order valence-electron chi connectivity index (χ1n) is 12.8. The van der Waals surface area contributed by atoms with Gasteiger partial charge in [-0.15, -0.1) is 13.2 Å². The van der Waals surface area contributed by atoms with Crippen LogP contribution in [0.4, 0.5) is 24.8 Å². The zero-order valence-corrected chi connectivity index (χ0v) is 22.1. The number of likely N-dealkylation sites (tertiary alicyclic amines) is 1. The van der Waals surface area contributed by atoms with Gasteiger partial charge in [-0.25, -0.2) is 9.97 Å². The van der Waals surface area contributed by atoms with Crippen molar-refractivity contribution >= 4 is 40.2 Å². The number of fused-ring (bicyclic) bond motifs is 1. The Bertz CT molecular complexity index is 1340. The van der Waals surface area contributed by atoms with Gasteiger partial charge in [0.1, 0.15) is 11.5 Å².